The maximum atomic E-state index is 15.2. The van der Waals surface area contributed by atoms with Gasteiger partial charge in [-0.05, 0) is 123 Å². The molecule has 0 amide bonds. The van der Waals surface area contributed by atoms with E-state index in [1.165, 1.54) is 63.5 Å². The first-order valence-electron chi connectivity index (χ1n) is 16.5. The minimum atomic E-state index is -3.32. The van der Waals surface area contributed by atoms with Gasteiger partial charge >= 0.3 is 6.11 Å². The lowest BCUT2D eigenvalue weighted by Crippen LogP contribution is -2.38. The summed E-state index contributed by atoms with van der Waals surface area (Å²) in [6.07, 6.45) is 12.5. The molecule has 3 fully saturated rings. The topological polar surface area (TPSA) is 9.23 Å². The summed E-state index contributed by atoms with van der Waals surface area (Å²) in [4.78, 5) is 0. The maximum absolute atomic E-state index is 15.2. The van der Waals surface area contributed by atoms with E-state index in [2.05, 4.69) is 6.92 Å². The maximum Gasteiger partial charge on any atom is 0.400 e. The smallest absolute Gasteiger partial charge is 0.400 e. The molecule has 5 rings (SSSR count). The quantitative estimate of drug-likeness (QED) is 0.198. The molecule has 3 saturated carbocycles. The number of alkyl halides is 2. The van der Waals surface area contributed by atoms with Crippen LogP contribution in [0.3, 0.4) is 0 Å². The number of ether oxygens (including phenoxy) is 1. The third-order valence-electron chi connectivity index (χ3n) is 10.8. The van der Waals surface area contributed by atoms with Crippen LogP contribution in [0.5, 0.6) is 5.75 Å². The molecule has 232 valence electrons. The third kappa shape index (κ3) is 7.69. The van der Waals surface area contributed by atoms with Gasteiger partial charge in [-0.15, -0.1) is 0 Å². The van der Waals surface area contributed by atoms with Crippen molar-refractivity contribution >= 4 is 0 Å². The Morgan fingerprint density at radius 2 is 1.31 bits per heavy atom. The number of benzene rings is 2. The highest BCUT2D eigenvalue weighted by Crippen LogP contribution is 2.47. The number of hydrogen-bond donors (Lipinski definition) is 0. The summed E-state index contributed by atoms with van der Waals surface area (Å²) >= 11 is 0. The van der Waals surface area contributed by atoms with E-state index in [0.717, 1.165) is 49.3 Å². The number of rotatable bonds is 10. The van der Waals surface area contributed by atoms with Crippen LogP contribution >= 0.6 is 0 Å². The minimum Gasteiger partial charge on any atom is -0.432 e. The van der Waals surface area contributed by atoms with Crippen LogP contribution in [0.2, 0.25) is 0 Å². The van der Waals surface area contributed by atoms with Crippen LogP contribution < -0.4 is 4.74 Å². The molecule has 42 heavy (non-hydrogen) atoms. The molecule has 0 saturated heterocycles. The second kappa shape index (κ2) is 14.1. The summed E-state index contributed by atoms with van der Waals surface area (Å²) < 4.78 is 77.7. The predicted molar refractivity (Wildman–Crippen MR) is 157 cm³/mol. The van der Waals surface area contributed by atoms with Gasteiger partial charge in [0.25, 0.3) is 0 Å². The van der Waals surface area contributed by atoms with Crippen molar-refractivity contribution in [3.8, 4) is 5.75 Å². The summed E-state index contributed by atoms with van der Waals surface area (Å²) in [6.45, 7) is 2.24. The lowest BCUT2D eigenvalue weighted by atomic mass is 9.68. The van der Waals surface area contributed by atoms with Crippen molar-refractivity contribution in [2.45, 2.75) is 128 Å². The van der Waals surface area contributed by atoms with Gasteiger partial charge in [-0.3, -0.25) is 0 Å². The fraction of sp³-hybridized carbons (Fsp3) is 0.667. The third-order valence-corrected chi connectivity index (χ3v) is 10.8. The van der Waals surface area contributed by atoms with E-state index < -0.39 is 29.5 Å². The van der Waals surface area contributed by atoms with Crippen LogP contribution in [0.15, 0.2) is 36.4 Å². The Hall–Kier alpha value is -2.11. The summed E-state index contributed by atoms with van der Waals surface area (Å²) in [5.74, 6) is -1.06. The first-order valence-corrected chi connectivity index (χ1v) is 16.5. The normalized spacial score (nSPS) is 28.9. The van der Waals surface area contributed by atoms with Crippen LogP contribution in [-0.2, 0) is 0 Å². The molecule has 0 unspecified atom stereocenters. The molecule has 0 N–H and O–H groups in total. The first kappa shape index (κ1) is 31.3. The average Bonchev–Trinajstić information content (AvgIpc) is 2.99. The van der Waals surface area contributed by atoms with Crippen molar-refractivity contribution in [2.24, 2.45) is 23.7 Å². The Labute approximate surface area is 248 Å². The highest BCUT2D eigenvalue weighted by molar-refractivity contribution is 5.32. The lowest BCUT2D eigenvalue weighted by Gasteiger charge is -2.39. The van der Waals surface area contributed by atoms with Gasteiger partial charge in [0.2, 0.25) is 0 Å². The van der Waals surface area contributed by atoms with Gasteiger partial charge in [0.05, 0.1) is 5.92 Å². The van der Waals surface area contributed by atoms with Crippen LogP contribution in [0.4, 0.5) is 22.0 Å². The van der Waals surface area contributed by atoms with Crippen molar-refractivity contribution in [2.75, 3.05) is 0 Å². The van der Waals surface area contributed by atoms with Gasteiger partial charge in [-0.25, -0.2) is 13.2 Å². The van der Waals surface area contributed by atoms with E-state index in [1.807, 2.05) is 0 Å². The Balaban J connectivity index is 1.09. The van der Waals surface area contributed by atoms with Crippen molar-refractivity contribution in [3.05, 3.63) is 65.0 Å². The molecule has 0 aliphatic heterocycles. The molecule has 3 aliphatic carbocycles. The molecule has 6 heteroatoms. The Kier molecular flexibility index (Phi) is 10.5. The second-order valence-electron chi connectivity index (χ2n) is 13.5. The highest BCUT2D eigenvalue weighted by atomic mass is 19.3. The highest BCUT2D eigenvalue weighted by Gasteiger charge is 2.45. The van der Waals surface area contributed by atoms with Crippen molar-refractivity contribution in [1.82, 2.24) is 0 Å². The Morgan fingerprint density at radius 3 is 1.93 bits per heavy atom. The molecule has 0 spiro atoms. The Bertz CT molecular complexity index is 1140. The number of halogens is 5. The lowest BCUT2D eigenvalue weighted by molar-refractivity contribution is -0.224. The molecule has 0 radical (unpaired) electrons. The summed E-state index contributed by atoms with van der Waals surface area (Å²) in [5, 5.41) is 0. The average molecular weight is 591 g/mol. The molecule has 0 atom stereocenters. The molecule has 1 nitrogen and oxygen atoms in total. The minimum absolute atomic E-state index is 0.0391. The molecular formula is C36H47F5O. The van der Waals surface area contributed by atoms with Crippen LogP contribution in [0.25, 0.3) is 0 Å². The zero-order chi connectivity index (χ0) is 29.7. The van der Waals surface area contributed by atoms with Crippen molar-refractivity contribution in [1.29, 1.82) is 0 Å². The van der Waals surface area contributed by atoms with E-state index >= 15 is 13.2 Å². The molecule has 0 heterocycles. The number of hydrogen-bond acceptors (Lipinski definition) is 1. The second-order valence-corrected chi connectivity index (χ2v) is 13.5. The van der Waals surface area contributed by atoms with E-state index in [9.17, 15) is 8.78 Å². The standard InChI is InChI=1S/C36H47F5O/c1-2-3-4-5-24-6-8-25(9-7-24)26-14-17-30(18-15-26)36(40,41)42-31-19-20-32(34(38)23-31)28-12-10-27(11-13-28)29-16-21-33(37)35(39)22-29/h16,19-28,30H,2-15,17-18H2,1H3. The van der Waals surface area contributed by atoms with Crippen molar-refractivity contribution < 1.29 is 26.7 Å². The summed E-state index contributed by atoms with van der Waals surface area (Å²) in [5.41, 5.74) is 1.27. The van der Waals surface area contributed by atoms with Gasteiger partial charge in [-0.1, -0.05) is 57.6 Å². The van der Waals surface area contributed by atoms with Crippen molar-refractivity contribution in [3.63, 3.8) is 0 Å². The monoisotopic (exact) mass is 590 g/mol. The molecule has 2 aromatic rings. The Morgan fingerprint density at radius 1 is 0.667 bits per heavy atom. The van der Waals surface area contributed by atoms with Gasteiger partial charge in [-0.2, -0.15) is 8.78 Å². The number of unbranched alkanes of at least 4 members (excludes halogenated alkanes) is 2. The van der Waals surface area contributed by atoms with Gasteiger partial charge in [0, 0.05) is 6.07 Å². The van der Waals surface area contributed by atoms with E-state index in [1.54, 1.807) is 12.1 Å². The zero-order valence-corrected chi connectivity index (χ0v) is 25.0. The fourth-order valence-corrected chi connectivity index (χ4v) is 8.20. The van der Waals surface area contributed by atoms with Gasteiger partial charge in [0.15, 0.2) is 11.6 Å². The van der Waals surface area contributed by atoms with E-state index in [-0.39, 0.29) is 17.6 Å². The first-order chi connectivity index (χ1) is 20.2. The predicted octanol–water partition coefficient (Wildman–Crippen LogP) is 11.7. The molecule has 0 aromatic heterocycles. The zero-order valence-electron chi connectivity index (χ0n) is 25.0. The molecular weight excluding hydrogens is 543 g/mol. The fourth-order valence-electron chi connectivity index (χ4n) is 8.20. The van der Waals surface area contributed by atoms with Crippen LogP contribution in [-0.4, -0.2) is 6.11 Å². The molecule has 0 bridgehead atoms. The van der Waals surface area contributed by atoms with Gasteiger partial charge in [0.1, 0.15) is 11.6 Å². The summed E-state index contributed by atoms with van der Waals surface area (Å²) in [6, 6.07) is 8.17. The molecule has 3 aliphatic rings. The van der Waals surface area contributed by atoms with E-state index in [0.29, 0.717) is 43.1 Å². The largest absolute Gasteiger partial charge is 0.432 e. The summed E-state index contributed by atoms with van der Waals surface area (Å²) in [7, 11) is 0. The van der Waals surface area contributed by atoms with Gasteiger partial charge < -0.3 is 4.74 Å². The van der Waals surface area contributed by atoms with E-state index in [4.69, 9.17) is 4.74 Å². The van der Waals surface area contributed by atoms with Crippen LogP contribution in [0.1, 0.15) is 133 Å². The van der Waals surface area contributed by atoms with Crippen LogP contribution in [0, 0.1) is 41.1 Å². The SMILES string of the molecule is CCCCCC1CCC(C2CCC(C(F)(F)Oc3ccc(C4CCC(c5ccc(F)c(F)c5)CC4)c(F)c3)CC2)CC1. The molecule has 2 aromatic carbocycles.